The zero-order chi connectivity index (χ0) is 22.4. The molecule has 166 valence electrons. The summed E-state index contributed by atoms with van der Waals surface area (Å²) in [7, 11) is 0. The maximum Gasteiger partial charge on any atom is 0.235 e. The van der Waals surface area contributed by atoms with E-state index in [-0.39, 0.29) is 23.4 Å². The molecule has 1 aliphatic carbocycles. The number of hydrogen-bond donors (Lipinski definition) is 1. The molecule has 5 rings (SSSR count). The summed E-state index contributed by atoms with van der Waals surface area (Å²) in [5, 5.41) is 6.45. The van der Waals surface area contributed by atoms with Gasteiger partial charge in [-0.05, 0) is 67.6 Å². The van der Waals surface area contributed by atoms with Crippen LogP contribution < -0.4 is 14.9 Å². The standard InChI is InChI=1S/C23H22F2N4OS2/c1-13-22(32-26)31-23(27-13)29(18-7-8-18)21(30)15-11-28(12-15)17-5-2-14(3-6-17)19-10-16(24)4-9-20(19)25/h2-6,9-10,15,18H,7-8,11-12,26H2,1H3. The normalized spacial score (nSPS) is 16.2. The van der Waals surface area contributed by atoms with Crippen LogP contribution in [0.4, 0.5) is 19.6 Å². The Hall–Kier alpha value is -2.49. The second kappa shape index (κ2) is 8.46. The Balaban J connectivity index is 1.27. The highest BCUT2D eigenvalue weighted by Gasteiger charge is 2.42. The summed E-state index contributed by atoms with van der Waals surface area (Å²) in [6.07, 6.45) is 2.01. The van der Waals surface area contributed by atoms with E-state index in [1.807, 2.05) is 24.0 Å². The van der Waals surface area contributed by atoms with Crippen LogP contribution in [-0.2, 0) is 4.79 Å². The van der Waals surface area contributed by atoms with Crippen molar-refractivity contribution in [3.05, 3.63) is 59.8 Å². The van der Waals surface area contributed by atoms with Crippen molar-refractivity contribution in [1.82, 2.24) is 4.98 Å². The van der Waals surface area contributed by atoms with Gasteiger partial charge >= 0.3 is 0 Å². The van der Waals surface area contributed by atoms with Crippen LogP contribution in [-0.4, -0.2) is 30.0 Å². The van der Waals surface area contributed by atoms with Gasteiger partial charge in [0.05, 0.1) is 15.8 Å². The number of carbonyl (C=O) groups is 1. The third-order valence-electron chi connectivity index (χ3n) is 5.91. The number of aryl methyl sites for hydroxylation is 1. The molecule has 2 aliphatic rings. The minimum atomic E-state index is -0.470. The molecular formula is C23H22F2N4OS2. The Morgan fingerprint density at radius 3 is 2.53 bits per heavy atom. The third kappa shape index (κ3) is 4.00. The van der Waals surface area contributed by atoms with Crippen molar-refractivity contribution < 1.29 is 13.6 Å². The smallest absolute Gasteiger partial charge is 0.235 e. The molecule has 1 saturated heterocycles. The molecule has 2 fully saturated rings. The topological polar surface area (TPSA) is 62.5 Å². The molecule has 0 bridgehead atoms. The number of nitrogens with two attached hydrogens (primary N) is 1. The molecule has 0 atom stereocenters. The Labute approximate surface area is 193 Å². The summed E-state index contributed by atoms with van der Waals surface area (Å²) in [6.45, 7) is 3.16. The van der Waals surface area contributed by atoms with Crippen LogP contribution in [0.2, 0.25) is 0 Å². The lowest BCUT2D eigenvalue weighted by Crippen LogP contribution is -2.55. The Kier molecular flexibility index (Phi) is 5.65. The Morgan fingerprint density at radius 1 is 1.19 bits per heavy atom. The molecule has 0 radical (unpaired) electrons. The van der Waals surface area contributed by atoms with Crippen molar-refractivity contribution in [2.24, 2.45) is 11.1 Å². The molecule has 1 aromatic heterocycles. The summed E-state index contributed by atoms with van der Waals surface area (Å²) in [5.74, 6) is -0.899. The zero-order valence-electron chi connectivity index (χ0n) is 17.4. The molecule has 2 aromatic carbocycles. The molecule has 1 amide bonds. The first-order valence-electron chi connectivity index (χ1n) is 10.4. The number of benzene rings is 2. The van der Waals surface area contributed by atoms with Gasteiger partial charge in [-0.15, -0.1) is 0 Å². The zero-order valence-corrected chi connectivity index (χ0v) is 19.1. The Morgan fingerprint density at radius 2 is 1.91 bits per heavy atom. The van der Waals surface area contributed by atoms with Crippen LogP contribution in [0.25, 0.3) is 11.1 Å². The van der Waals surface area contributed by atoms with Gasteiger partial charge in [0.1, 0.15) is 11.6 Å². The molecule has 1 saturated carbocycles. The van der Waals surface area contributed by atoms with Crippen molar-refractivity contribution in [3.63, 3.8) is 0 Å². The summed E-state index contributed by atoms with van der Waals surface area (Å²) < 4.78 is 28.5. The van der Waals surface area contributed by atoms with Gasteiger partial charge < -0.3 is 4.90 Å². The Bertz CT molecular complexity index is 1160. The van der Waals surface area contributed by atoms with Crippen molar-refractivity contribution in [2.45, 2.75) is 30.0 Å². The van der Waals surface area contributed by atoms with E-state index in [4.69, 9.17) is 5.14 Å². The van der Waals surface area contributed by atoms with Crippen molar-refractivity contribution in [1.29, 1.82) is 0 Å². The number of hydrogen-bond acceptors (Lipinski definition) is 6. The first-order chi connectivity index (χ1) is 15.4. The molecule has 2 N–H and O–H groups in total. The van der Waals surface area contributed by atoms with Gasteiger partial charge in [-0.2, -0.15) is 0 Å². The predicted octanol–water partition coefficient (Wildman–Crippen LogP) is 4.99. The maximum absolute atomic E-state index is 14.0. The summed E-state index contributed by atoms with van der Waals surface area (Å²) in [5.41, 5.74) is 2.68. The lowest BCUT2D eigenvalue weighted by atomic mass is 9.96. The minimum Gasteiger partial charge on any atom is -0.370 e. The lowest BCUT2D eigenvalue weighted by Gasteiger charge is -2.41. The largest absolute Gasteiger partial charge is 0.370 e. The van der Waals surface area contributed by atoms with E-state index in [0.717, 1.165) is 45.7 Å². The third-order valence-corrected chi connectivity index (χ3v) is 7.91. The predicted molar refractivity (Wildman–Crippen MR) is 125 cm³/mol. The van der Waals surface area contributed by atoms with Gasteiger partial charge in [-0.1, -0.05) is 23.5 Å². The molecule has 3 aromatic rings. The summed E-state index contributed by atoms with van der Waals surface area (Å²) in [6, 6.07) is 11.0. The number of halogens is 2. The SMILES string of the molecule is Cc1nc(N(C(=O)C2CN(c3ccc(-c4cc(F)ccc4F)cc3)C2)C2CC2)sc1SN. The van der Waals surface area contributed by atoms with E-state index in [1.165, 1.54) is 29.4 Å². The highest BCUT2D eigenvalue weighted by molar-refractivity contribution is 7.99. The molecule has 0 spiro atoms. The fourth-order valence-electron chi connectivity index (χ4n) is 3.96. The first-order valence-corrected chi connectivity index (χ1v) is 12.1. The van der Waals surface area contributed by atoms with E-state index < -0.39 is 11.6 Å². The summed E-state index contributed by atoms with van der Waals surface area (Å²) >= 11 is 2.65. The number of amides is 1. The number of anilines is 2. The van der Waals surface area contributed by atoms with Crippen LogP contribution in [0.15, 0.2) is 46.7 Å². The van der Waals surface area contributed by atoms with E-state index in [1.54, 1.807) is 12.1 Å². The van der Waals surface area contributed by atoms with Crippen LogP contribution in [0, 0.1) is 24.5 Å². The second-order valence-corrected chi connectivity index (χ2v) is 10.1. The van der Waals surface area contributed by atoms with Gasteiger partial charge in [-0.3, -0.25) is 14.8 Å². The molecule has 2 heterocycles. The number of nitrogens with zero attached hydrogens (tertiary/aromatic N) is 3. The van der Waals surface area contributed by atoms with Crippen molar-refractivity contribution >= 4 is 40.0 Å². The average Bonchev–Trinajstić information content (AvgIpc) is 3.51. The van der Waals surface area contributed by atoms with E-state index >= 15 is 0 Å². The van der Waals surface area contributed by atoms with Crippen LogP contribution in [0.3, 0.4) is 0 Å². The molecule has 5 nitrogen and oxygen atoms in total. The number of carbonyl (C=O) groups excluding carboxylic acids is 1. The number of rotatable bonds is 6. The lowest BCUT2D eigenvalue weighted by molar-refractivity contribution is -0.123. The van der Waals surface area contributed by atoms with Crippen molar-refractivity contribution in [3.8, 4) is 11.1 Å². The van der Waals surface area contributed by atoms with Crippen molar-refractivity contribution in [2.75, 3.05) is 22.9 Å². The molecule has 1 aliphatic heterocycles. The van der Waals surface area contributed by atoms with Gasteiger partial charge in [0.25, 0.3) is 0 Å². The fraction of sp³-hybridized carbons (Fsp3) is 0.304. The quantitative estimate of drug-likeness (QED) is 0.512. The van der Waals surface area contributed by atoms with Gasteiger partial charge in [0.15, 0.2) is 5.13 Å². The van der Waals surface area contributed by atoms with E-state index in [0.29, 0.717) is 18.7 Å². The molecule has 32 heavy (non-hydrogen) atoms. The number of aromatic nitrogens is 1. The van der Waals surface area contributed by atoms with Crippen LogP contribution in [0.5, 0.6) is 0 Å². The fourth-order valence-corrected chi connectivity index (χ4v) is 5.47. The number of thiazole rings is 1. The van der Waals surface area contributed by atoms with Crippen LogP contribution >= 0.6 is 23.3 Å². The van der Waals surface area contributed by atoms with Gasteiger partial charge in [0, 0.05) is 30.4 Å². The highest BCUT2D eigenvalue weighted by Crippen LogP contribution is 2.40. The van der Waals surface area contributed by atoms with Gasteiger partial charge in [0.2, 0.25) is 5.91 Å². The molecular weight excluding hydrogens is 450 g/mol. The minimum absolute atomic E-state index is 0.0888. The molecule has 9 heteroatoms. The first kappa shape index (κ1) is 21.4. The monoisotopic (exact) mass is 472 g/mol. The second-order valence-electron chi connectivity index (χ2n) is 8.20. The molecule has 0 unspecified atom stereocenters. The average molecular weight is 473 g/mol. The van der Waals surface area contributed by atoms with Gasteiger partial charge in [-0.25, -0.2) is 13.8 Å². The maximum atomic E-state index is 14.0. The highest BCUT2D eigenvalue weighted by atomic mass is 32.2. The van der Waals surface area contributed by atoms with Crippen LogP contribution in [0.1, 0.15) is 18.5 Å². The summed E-state index contributed by atoms with van der Waals surface area (Å²) in [4.78, 5) is 21.8. The van der Waals surface area contributed by atoms with E-state index in [9.17, 15) is 13.6 Å². The van der Waals surface area contributed by atoms with E-state index in [2.05, 4.69) is 9.88 Å².